The van der Waals surface area contributed by atoms with Crippen LogP contribution in [0, 0.1) is 5.41 Å². The topological polar surface area (TPSA) is 38.8 Å². The van der Waals surface area contributed by atoms with Crippen molar-refractivity contribution in [3.63, 3.8) is 0 Å². The zero-order valence-electron chi connectivity index (χ0n) is 15.5. The molecule has 0 bridgehead atoms. The van der Waals surface area contributed by atoms with Crippen LogP contribution in [-0.2, 0) is 14.3 Å². The lowest BCUT2D eigenvalue weighted by molar-refractivity contribution is -0.177. The smallest absolute Gasteiger partial charge is 0.231 e. The zero-order valence-corrected chi connectivity index (χ0v) is 15.5. The van der Waals surface area contributed by atoms with Crippen molar-refractivity contribution in [3.05, 3.63) is 48.6 Å². The summed E-state index contributed by atoms with van der Waals surface area (Å²) in [6.07, 6.45) is 4.92. The number of methoxy groups -OCH3 is 1. The molecule has 1 aromatic rings. The predicted octanol–water partition coefficient (Wildman–Crippen LogP) is 4.08. The van der Waals surface area contributed by atoms with E-state index < -0.39 is 5.72 Å². The lowest BCUT2D eigenvalue weighted by atomic mass is 9.71. The molecule has 0 aliphatic carbocycles. The van der Waals surface area contributed by atoms with Crippen LogP contribution >= 0.6 is 0 Å². The molecule has 2 fully saturated rings. The van der Waals surface area contributed by atoms with Crippen molar-refractivity contribution in [2.24, 2.45) is 5.41 Å². The highest BCUT2D eigenvalue weighted by atomic mass is 16.6. The van der Waals surface area contributed by atoms with E-state index in [1.165, 1.54) is 0 Å². The van der Waals surface area contributed by atoms with E-state index in [0.717, 1.165) is 24.8 Å². The van der Waals surface area contributed by atoms with Crippen LogP contribution in [-0.4, -0.2) is 36.3 Å². The number of hydrogen-bond donors (Lipinski definition) is 0. The van der Waals surface area contributed by atoms with Crippen LogP contribution in [0.1, 0.15) is 51.2 Å². The Balaban J connectivity index is 2.00. The van der Waals surface area contributed by atoms with Crippen LogP contribution in [0.4, 0.5) is 0 Å². The summed E-state index contributed by atoms with van der Waals surface area (Å²) in [6.45, 7) is 8.49. The number of ether oxygens (including phenoxy) is 2. The highest BCUT2D eigenvalue weighted by Crippen LogP contribution is 2.52. The molecule has 4 heteroatoms. The second-order valence-corrected chi connectivity index (χ2v) is 7.45. The van der Waals surface area contributed by atoms with E-state index in [-0.39, 0.29) is 23.5 Å². The van der Waals surface area contributed by atoms with Crippen LogP contribution in [0.15, 0.2) is 43.0 Å². The van der Waals surface area contributed by atoms with Gasteiger partial charge in [0.25, 0.3) is 0 Å². The average molecular weight is 343 g/mol. The molecular weight excluding hydrogens is 314 g/mol. The Bertz CT molecular complexity index is 631. The number of nitrogens with zero attached hydrogens (tertiary/aromatic N) is 1. The maximum atomic E-state index is 13.6. The third-order valence-electron chi connectivity index (χ3n) is 5.99. The van der Waals surface area contributed by atoms with Gasteiger partial charge in [0.05, 0.1) is 18.1 Å². The average Bonchev–Trinajstić information content (AvgIpc) is 2.92. The number of carbonyl (C=O) groups excluding carboxylic acids is 1. The normalized spacial score (nSPS) is 34.8. The highest BCUT2D eigenvalue weighted by Gasteiger charge is 2.59. The van der Waals surface area contributed by atoms with Crippen molar-refractivity contribution in [2.45, 2.75) is 57.4 Å². The van der Waals surface area contributed by atoms with Crippen LogP contribution in [0.3, 0.4) is 0 Å². The third-order valence-corrected chi connectivity index (χ3v) is 5.99. The standard InChI is InChI=1S/C21H29NO3/c1-5-12-21(6-2)14-13-20(3)22(19(21)23)17(15-24-4)18(25-20)16-10-8-7-9-11-16/h5,7-11,17-18H,1,6,12-15H2,2-4H3/t17-,18-,20+,21-/m0/s1. The monoisotopic (exact) mass is 343 g/mol. The first-order valence-electron chi connectivity index (χ1n) is 9.18. The zero-order chi connectivity index (χ0) is 18.1. The molecule has 136 valence electrons. The molecule has 4 nitrogen and oxygen atoms in total. The van der Waals surface area contributed by atoms with Gasteiger partial charge >= 0.3 is 0 Å². The molecule has 2 aliphatic heterocycles. The van der Waals surface area contributed by atoms with Gasteiger partial charge in [0.2, 0.25) is 5.91 Å². The first-order valence-corrected chi connectivity index (χ1v) is 9.18. The molecule has 1 aromatic carbocycles. The summed E-state index contributed by atoms with van der Waals surface area (Å²) in [7, 11) is 1.68. The van der Waals surface area contributed by atoms with Crippen molar-refractivity contribution in [3.8, 4) is 0 Å². The minimum absolute atomic E-state index is 0.110. The van der Waals surface area contributed by atoms with E-state index >= 15 is 0 Å². The minimum atomic E-state index is -0.569. The van der Waals surface area contributed by atoms with Crippen molar-refractivity contribution in [2.75, 3.05) is 13.7 Å². The van der Waals surface area contributed by atoms with Crippen molar-refractivity contribution in [1.29, 1.82) is 0 Å². The summed E-state index contributed by atoms with van der Waals surface area (Å²) in [5, 5.41) is 0. The van der Waals surface area contributed by atoms with E-state index in [2.05, 4.69) is 25.6 Å². The van der Waals surface area contributed by atoms with E-state index in [9.17, 15) is 4.79 Å². The SMILES string of the molecule is C=CC[C@@]1(CC)CC[C@@]2(C)O[C@@H](c3ccccc3)[C@H](COC)N2C1=O. The number of piperidine rings is 1. The molecule has 25 heavy (non-hydrogen) atoms. The number of carbonyl (C=O) groups is 1. The molecule has 0 spiro atoms. The van der Waals surface area contributed by atoms with Gasteiger partial charge in [-0.3, -0.25) is 4.79 Å². The van der Waals surface area contributed by atoms with Gasteiger partial charge in [0, 0.05) is 7.11 Å². The molecule has 2 heterocycles. The summed E-state index contributed by atoms with van der Waals surface area (Å²) in [4.78, 5) is 15.5. The number of amides is 1. The molecule has 0 N–H and O–H groups in total. The van der Waals surface area contributed by atoms with Gasteiger partial charge in [-0.15, -0.1) is 6.58 Å². The molecular formula is C21H29NO3. The van der Waals surface area contributed by atoms with Crippen LogP contribution in [0.25, 0.3) is 0 Å². The second-order valence-electron chi connectivity index (χ2n) is 7.45. The summed E-state index contributed by atoms with van der Waals surface area (Å²) >= 11 is 0. The number of allylic oxidation sites excluding steroid dienone is 1. The van der Waals surface area contributed by atoms with E-state index in [1.54, 1.807) is 7.11 Å². The lowest BCUT2D eigenvalue weighted by Crippen LogP contribution is -2.60. The van der Waals surface area contributed by atoms with Gasteiger partial charge < -0.3 is 14.4 Å². The summed E-state index contributed by atoms with van der Waals surface area (Å²) < 4.78 is 12.0. The molecule has 2 saturated heterocycles. The highest BCUT2D eigenvalue weighted by molar-refractivity contribution is 5.85. The molecule has 4 atom stereocenters. The largest absolute Gasteiger partial charge is 0.382 e. The van der Waals surface area contributed by atoms with Gasteiger partial charge in [-0.1, -0.05) is 43.3 Å². The Morgan fingerprint density at radius 2 is 2.08 bits per heavy atom. The van der Waals surface area contributed by atoms with Gasteiger partial charge in [-0.05, 0) is 38.2 Å². The van der Waals surface area contributed by atoms with Crippen molar-refractivity contribution in [1.82, 2.24) is 4.90 Å². The number of benzene rings is 1. The molecule has 3 rings (SSSR count). The Morgan fingerprint density at radius 3 is 2.68 bits per heavy atom. The van der Waals surface area contributed by atoms with Gasteiger partial charge in [-0.2, -0.15) is 0 Å². The summed E-state index contributed by atoms with van der Waals surface area (Å²) in [6, 6.07) is 10.0. The summed E-state index contributed by atoms with van der Waals surface area (Å²) in [5.74, 6) is 0.184. The Morgan fingerprint density at radius 1 is 1.36 bits per heavy atom. The summed E-state index contributed by atoms with van der Waals surface area (Å²) in [5.41, 5.74) is 0.168. The lowest BCUT2D eigenvalue weighted by Gasteiger charge is -2.48. The first kappa shape index (κ1) is 18.2. The molecule has 0 aromatic heterocycles. The van der Waals surface area contributed by atoms with Crippen molar-refractivity contribution < 1.29 is 14.3 Å². The fourth-order valence-corrected chi connectivity index (χ4v) is 4.48. The minimum Gasteiger partial charge on any atom is -0.382 e. The molecule has 0 saturated carbocycles. The first-order chi connectivity index (χ1) is 12.0. The van der Waals surface area contributed by atoms with Gasteiger partial charge in [0.15, 0.2) is 0 Å². The molecule has 2 aliphatic rings. The van der Waals surface area contributed by atoms with Crippen LogP contribution in [0.5, 0.6) is 0 Å². The van der Waals surface area contributed by atoms with Crippen LogP contribution < -0.4 is 0 Å². The van der Waals surface area contributed by atoms with Gasteiger partial charge in [-0.25, -0.2) is 0 Å². The van der Waals surface area contributed by atoms with Crippen molar-refractivity contribution >= 4 is 5.91 Å². The fraction of sp³-hybridized carbons (Fsp3) is 0.571. The van der Waals surface area contributed by atoms with Crippen LogP contribution in [0.2, 0.25) is 0 Å². The number of fused-ring (bicyclic) bond motifs is 1. The Labute approximate surface area is 150 Å². The van der Waals surface area contributed by atoms with E-state index in [1.807, 2.05) is 36.1 Å². The number of hydrogen-bond acceptors (Lipinski definition) is 3. The van der Waals surface area contributed by atoms with Gasteiger partial charge in [0.1, 0.15) is 11.8 Å². The van der Waals surface area contributed by atoms with E-state index in [0.29, 0.717) is 13.0 Å². The number of rotatable bonds is 6. The molecule has 0 radical (unpaired) electrons. The maximum absolute atomic E-state index is 13.6. The fourth-order valence-electron chi connectivity index (χ4n) is 4.48. The Kier molecular flexibility index (Phi) is 5.03. The quantitative estimate of drug-likeness (QED) is 0.731. The Hall–Kier alpha value is -1.65. The molecule has 1 amide bonds. The third kappa shape index (κ3) is 2.91. The predicted molar refractivity (Wildman–Crippen MR) is 98.0 cm³/mol. The van der Waals surface area contributed by atoms with E-state index in [4.69, 9.17) is 9.47 Å². The second kappa shape index (κ2) is 6.93. The maximum Gasteiger partial charge on any atom is 0.231 e. The molecule has 0 unspecified atom stereocenters.